The minimum absolute atomic E-state index is 0.0901. The van der Waals surface area contributed by atoms with Gasteiger partial charge < -0.3 is 4.74 Å². The molecule has 0 saturated heterocycles. The molecular weight excluding hydrogens is 188 g/mol. The van der Waals surface area contributed by atoms with Crippen molar-refractivity contribution in [2.45, 2.75) is 25.9 Å². The Balaban J connectivity index is 1.96. The van der Waals surface area contributed by atoms with E-state index >= 15 is 0 Å². The normalized spacial score (nSPS) is 25.0. The third-order valence-electron chi connectivity index (χ3n) is 2.94. The highest BCUT2D eigenvalue weighted by atomic mass is 16.5. The van der Waals surface area contributed by atoms with Crippen molar-refractivity contribution >= 4 is 5.78 Å². The maximum atomic E-state index is 11.4. The molecule has 2 atom stereocenters. The van der Waals surface area contributed by atoms with E-state index in [1.54, 1.807) is 0 Å². The zero-order chi connectivity index (χ0) is 10.7. The monoisotopic (exact) mass is 204 g/mol. The van der Waals surface area contributed by atoms with Crippen molar-refractivity contribution in [3.05, 3.63) is 35.9 Å². The Morgan fingerprint density at radius 3 is 2.67 bits per heavy atom. The van der Waals surface area contributed by atoms with Crippen LogP contribution in [0.25, 0.3) is 0 Å². The summed E-state index contributed by atoms with van der Waals surface area (Å²) in [5.41, 5.74) is 1.22. The first-order valence-electron chi connectivity index (χ1n) is 5.49. The number of benzene rings is 1. The van der Waals surface area contributed by atoms with Crippen molar-refractivity contribution in [3.63, 3.8) is 0 Å². The predicted octanol–water partition coefficient (Wildman–Crippen LogP) is 2.22. The molecule has 2 nitrogen and oxygen atoms in total. The van der Waals surface area contributed by atoms with Gasteiger partial charge in [-0.25, -0.2) is 0 Å². The molecule has 0 amide bonds. The average molecular weight is 204 g/mol. The standard InChI is InChI=1S/C13H16O2/c1-2-15-13-9-12(14)11(13)8-10-6-4-3-5-7-10/h3-7,11,13H,2,8-9H2,1H3/t11-,13+/m0/s1. The Morgan fingerprint density at radius 1 is 1.33 bits per heavy atom. The van der Waals surface area contributed by atoms with Gasteiger partial charge in [0.25, 0.3) is 0 Å². The van der Waals surface area contributed by atoms with Crippen molar-refractivity contribution in [1.82, 2.24) is 0 Å². The third kappa shape index (κ3) is 2.26. The smallest absolute Gasteiger partial charge is 0.141 e. The van der Waals surface area contributed by atoms with E-state index in [0.717, 1.165) is 6.42 Å². The summed E-state index contributed by atoms with van der Waals surface area (Å²) in [5.74, 6) is 0.435. The third-order valence-corrected chi connectivity index (χ3v) is 2.94. The van der Waals surface area contributed by atoms with Crippen molar-refractivity contribution in [1.29, 1.82) is 0 Å². The van der Waals surface area contributed by atoms with Crippen LogP contribution in [0, 0.1) is 5.92 Å². The van der Waals surface area contributed by atoms with E-state index in [9.17, 15) is 4.79 Å². The first kappa shape index (κ1) is 10.4. The second kappa shape index (κ2) is 4.58. The van der Waals surface area contributed by atoms with Gasteiger partial charge >= 0.3 is 0 Å². The number of hydrogen-bond acceptors (Lipinski definition) is 2. The summed E-state index contributed by atoms with van der Waals surface area (Å²) >= 11 is 0. The maximum absolute atomic E-state index is 11.4. The molecule has 1 aliphatic rings. The van der Waals surface area contributed by atoms with Gasteiger partial charge in [-0.15, -0.1) is 0 Å². The van der Waals surface area contributed by atoms with E-state index in [1.807, 2.05) is 25.1 Å². The summed E-state index contributed by atoms with van der Waals surface area (Å²) in [5, 5.41) is 0. The maximum Gasteiger partial charge on any atom is 0.141 e. The zero-order valence-electron chi connectivity index (χ0n) is 8.98. The van der Waals surface area contributed by atoms with Gasteiger partial charge in [0.2, 0.25) is 0 Å². The van der Waals surface area contributed by atoms with E-state index in [0.29, 0.717) is 18.8 Å². The molecule has 80 valence electrons. The molecule has 1 aliphatic carbocycles. The Morgan fingerprint density at radius 2 is 2.07 bits per heavy atom. The van der Waals surface area contributed by atoms with Gasteiger partial charge in [-0.1, -0.05) is 30.3 Å². The Bertz CT molecular complexity index is 332. The summed E-state index contributed by atoms with van der Waals surface area (Å²) in [6.45, 7) is 2.67. The summed E-state index contributed by atoms with van der Waals surface area (Å²) in [7, 11) is 0. The number of rotatable bonds is 4. The van der Waals surface area contributed by atoms with Gasteiger partial charge in [-0.05, 0) is 18.9 Å². The van der Waals surface area contributed by atoms with Crippen LogP contribution in [0.15, 0.2) is 30.3 Å². The second-order valence-corrected chi connectivity index (χ2v) is 3.96. The molecule has 0 radical (unpaired) electrons. The fourth-order valence-corrected chi connectivity index (χ4v) is 2.04. The molecule has 2 rings (SSSR count). The number of Topliss-reactive ketones (excluding diaryl/α,β-unsaturated/α-hetero) is 1. The van der Waals surface area contributed by atoms with Crippen LogP contribution in [0.1, 0.15) is 18.9 Å². The van der Waals surface area contributed by atoms with E-state index in [1.165, 1.54) is 5.56 Å². The molecule has 1 fully saturated rings. The van der Waals surface area contributed by atoms with Crippen LogP contribution in [0.2, 0.25) is 0 Å². The van der Waals surface area contributed by atoms with E-state index < -0.39 is 0 Å². The fourth-order valence-electron chi connectivity index (χ4n) is 2.04. The van der Waals surface area contributed by atoms with Gasteiger partial charge in [0, 0.05) is 18.9 Å². The molecule has 0 aromatic heterocycles. The summed E-state index contributed by atoms with van der Waals surface area (Å²) in [6, 6.07) is 10.1. The topological polar surface area (TPSA) is 26.3 Å². The molecule has 1 aromatic rings. The van der Waals surface area contributed by atoms with Crippen LogP contribution in [-0.4, -0.2) is 18.5 Å². The molecule has 0 heterocycles. The van der Waals surface area contributed by atoms with Gasteiger partial charge in [-0.3, -0.25) is 4.79 Å². The summed E-state index contributed by atoms with van der Waals surface area (Å²) < 4.78 is 5.51. The highest BCUT2D eigenvalue weighted by Crippen LogP contribution is 2.29. The molecule has 0 bridgehead atoms. The zero-order valence-corrected chi connectivity index (χ0v) is 8.98. The van der Waals surface area contributed by atoms with Crippen molar-refractivity contribution in [2.75, 3.05) is 6.61 Å². The lowest BCUT2D eigenvalue weighted by atomic mass is 9.76. The Labute approximate surface area is 90.3 Å². The van der Waals surface area contributed by atoms with E-state index in [4.69, 9.17) is 4.74 Å². The Kier molecular flexibility index (Phi) is 3.17. The van der Waals surface area contributed by atoms with Crippen molar-refractivity contribution in [2.24, 2.45) is 5.92 Å². The van der Waals surface area contributed by atoms with E-state index in [2.05, 4.69) is 12.1 Å². The molecule has 1 saturated carbocycles. The number of carbonyl (C=O) groups excluding carboxylic acids is 1. The van der Waals surface area contributed by atoms with Gasteiger partial charge in [0.15, 0.2) is 0 Å². The molecule has 1 aromatic carbocycles. The molecule has 0 N–H and O–H groups in total. The fraction of sp³-hybridized carbons (Fsp3) is 0.462. The SMILES string of the molecule is CCO[C@@H]1CC(=O)[C@@H]1Cc1ccccc1. The molecule has 0 spiro atoms. The van der Waals surface area contributed by atoms with E-state index in [-0.39, 0.29) is 12.0 Å². The lowest BCUT2D eigenvalue weighted by molar-refractivity contribution is -0.144. The first-order valence-corrected chi connectivity index (χ1v) is 5.49. The highest BCUT2D eigenvalue weighted by molar-refractivity contribution is 5.88. The largest absolute Gasteiger partial charge is 0.377 e. The predicted molar refractivity (Wildman–Crippen MR) is 58.7 cm³/mol. The van der Waals surface area contributed by atoms with Crippen molar-refractivity contribution in [3.8, 4) is 0 Å². The molecule has 15 heavy (non-hydrogen) atoms. The van der Waals surface area contributed by atoms with Crippen LogP contribution in [0.3, 0.4) is 0 Å². The van der Waals surface area contributed by atoms with Gasteiger partial charge in [-0.2, -0.15) is 0 Å². The number of carbonyl (C=O) groups is 1. The van der Waals surface area contributed by atoms with Crippen LogP contribution in [-0.2, 0) is 16.0 Å². The van der Waals surface area contributed by atoms with Crippen LogP contribution < -0.4 is 0 Å². The average Bonchev–Trinajstić information content (AvgIpc) is 2.27. The quantitative estimate of drug-likeness (QED) is 0.751. The number of ether oxygens (including phenoxy) is 1. The molecule has 2 heteroatoms. The van der Waals surface area contributed by atoms with Crippen LogP contribution in [0.5, 0.6) is 0 Å². The highest BCUT2D eigenvalue weighted by Gasteiger charge is 2.39. The van der Waals surface area contributed by atoms with Crippen molar-refractivity contribution < 1.29 is 9.53 Å². The Hall–Kier alpha value is -1.15. The number of ketones is 1. The first-order chi connectivity index (χ1) is 7.31. The minimum Gasteiger partial charge on any atom is -0.377 e. The lowest BCUT2D eigenvalue weighted by Gasteiger charge is -2.34. The van der Waals surface area contributed by atoms with Gasteiger partial charge in [0.05, 0.1) is 6.10 Å². The second-order valence-electron chi connectivity index (χ2n) is 3.96. The molecule has 0 unspecified atom stereocenters. The lowest BCUT2D eigenvalue weighted by Crippen LogP contribution is -2.44. The summed E-state index contributed by atoms with van der Waals surface area (Å²) in [4.78, 5) is 11.4. The summed E-state index contributed by atoms with van der Waals surface area (Å²) in [6.07, 6.45) is 1.58. The number of hydrogen-bond donors (Lipinski definition) is 0. The molecule has 0 aliphatic heterocycles. The minimum atomic E-state index is 0.0901. The van der Waals surface area contributed by atoms with Gasteiger partial charge in [0.1, 0.15) is 5.78 Å². The molecular formula is C13H16O2. The van der Waals surface area contributed by atoms with Crippen LogP contribution >= 0.6 is 0 Å². The van der Waals surface area contributed by atoms with Crippen LogP contribution in [0.4, 0.5) is 0 Å².